The summed E-state index contributed by atoms with van der Waals surface area (Å²) >= 11 is 0. The van der Waals surface area contributed by atoms with Gasteiger partial charge in [-0.2, -0.15) is 0 Å². The fourth-order valence-electron chi connectivity index (χ4n) is 11.9. The van der Waals surface area contributed by atoms with E-state index in [1.165, 1.54) is 32.4 Å². The van der Waals surface area contributed by atoms with Crippen molar-refractivity contribution in [3.05, 3.63) is 35.8 Å². The summed E-state index contributed by atoms with van der Waals surface area (Å²) in [4.78, 5) is 52.4. The Morgan fingerprint density at radius 2 is 1.73 bits per heavy atom. The van der Waals surface area contributed by atoms with Gasteiger partial charge in [-0.15, -0.1) is 0 Å². The molecule has 1 aromatic heterocycles. The van der Waals surface area contributed by atoms with E-state index >= 15 is 0 Å². The van der Waals surface area contributed by atoms with Crippen LogP contribution in [-0.4, -0.2) is 99.1 Å². The summed E-state index contributed by atoms with van der Waals surface area (Å²) < 4.78 is 48.2. The molecule has 4 aliphatic carbocycles. The predicted molar refractivity (Wildman–Crippen MR) is 153 cm³/mol. The Balaban J connectivity index is 1.49. The maximum atomic E-state index is 13.6. The number of cyclic esters (lactones) is 1. The quantitative estimate of drug-likeness (QED) is 0.291. The first-order valence-electron chi connectivity index (χ1n) is 15.9. The Morgan fingerprint density at radius 3 is 2.33 bits per heavy atom. The molecule has 260 valence electrons. The van der Waals surface area contributed by atoms with Crippen molar-refractivity contribution in [3.8, 4) is 0 Å². The molecule has 4 bridgehead atoms. The van der Waals surface area contributed by atoms with Gasteiger partial charge in [0.05, 0.1) is 25.1 Å². The largest absolute Gasteiger partial charge is 0.472 e. The zero-order chi connectivity index (χ0) is 34.8. The highest BCUT2D eigenvalue weighted by Crippen LogP contribution is 2.88. The molecule has 15 nitrogen and oxygen atoms in total. The lowest BCUT2D eigenvalue weighted by Crippen LogP contribution is -2.93. The number of esters is 4. The Hall–Kier alpha value is -3.34. The lowest BCUT2D eigenvalue weighted by atomic mass is 9.34. The average molecular weight is 675 g/mol. The first kappa shape index (κ1) is 31.9. The predicted octanol–water partition coefficient (Wildman–Crippen LogP) is 0.730. The van der Waals surface area contributed by atoms with Gasteiger partial charge in [0.2, 0.25) is 0 Å². The number of rotatable bonds is 5. The van der Waals surface area contributed by atoms with Crippen LogP contribution in [0.4, 0.5) is 0 Å². The molecule has 1 spiro atoms. The van der Waals surface area contributed by atoms with Gasteiger partial charge in [-0.3, -0.25) is 9.59 Å². The van der Waals surface area contributed by atoms with E-state index in [0.717, 1.165) is 14.0 Å². The molecule has 1 aromatic rings. The summed E-state index contributed by atoms with van der Waals surface area (Å²) in [6.45, 7) is 8.71. The molecule has 4 saturated carbocycles. The van der Waals surface area contributed by atoms with Gasteiger partial charge in [-0.05, 0) is 25.0 Å². The van der Waals surface area contributed by atoms with Crippen molar-refractivity contribution in [1.29, 1.82) is 0 Å². The number of ether oxygens (including phenoxy) is 7. The van der Waals surface area contributed by atoms with E-state index < -0.39 is 105 Å². The van der Waals surface area contributed by atoms with Crippen LogP contribution in [0.15, 0.2) is 34.7 Å². The van der Waals surface area contributed by atoms with Crippen LogP contribution in [0, 0.1) is 22.2 Å². The fraction of sp³-hybridized carbons (Fsp3) is 0.697. The average Bonchev–Trinajstić information content (AvgIpc) is 3.76. The van der Waals surface area contributed by atoms with E-state index in [0.29, 0.717) is 5.56 Å². The van der Waals surface area contributed by atoms with Crippen molar-refractivity contribution >= 4 is 23.9 Å². The third-order valence-electron chi connectivity index (χ3n) is 13.1. The number of hydrogen-bond acceptors (Lipinski definition) is 15. The SMILES string of the molecule is COC(=O)[C@@H](O)[C@@H]1[C@]2(C)C[C@@]3(O)[C@@](O)([C@@H]2OC(C)=O)[C@@H]2O[C@]4(C)O[C@]5(C[C@@H](OC(C)=O)[C@@]6(C)C(=CC(=O)O[C@@H]6c6ccoc6)[C@]25O4)[C@@]13C. The molecule has 0 amide bonds. The van der Waals surface area contributed by atoms with Crippen LogP contribution in [0.1, 0.15) is 66.1 Å². The first-order valence-corrected chi connectivity index (χ1v) is 15.9. The van der Waals surface area contributed by atoms with Crippen molar-refractivity contribution in [3.63, 3.8) is 0 Å². The topological polar surface area (TPSA) is 207 Å². The van der Waals surface area contributed by atoms with Gasteiger partial charge >= 0.3 is 23.9 Å². The molecule has 0 unspecified atom stereocenters. The summed E-state index contributed by atoms with van der Waals surface area (Å²) in [6.07, 6.45) is -3.88. The molecule has 15 heteroatoms. The number of furan rings is 1. The Labute approximate surface area is 274 Å². The highest BCUT2D eigenvalue weighted by Gasteiger charge is 3.03. The second-order valence-corrected chi connectivity index (χ2v) is 15.1. The molecule has 6 fully saturated rings. The van der Waals surface area contributed by atoms with Crippen LogP contribution < -0.4 is 0 Å². The van der Waals surface area contributed by atoms with Gasteiger partial charge in [-0.1, -0.05) is 13.8 Å². The van der Waals surface area contributed by atoms with E-state index in [1.54, 1.807) is 26.8 Å². The lowest BCUT2D eigenvalue weighted by Gasteiger charge is -2.76. The maximum absolute atomic E-state index is 13.6. The Kier molecular flexibility index (Phi) is 5.89. The molecule has 4 heterocycles. The van der Waals surface area contributed by atoms with Crippen molar-refractivity contribution < 1.29 is 72.1 Å². The molecule has 14 atom stereocenters. The smallest absolute Gasteiger partial charge is 0.335 e. The van der Waals surface area contributed by atoms with Crippen molar-refractivity contribution in [2.45, 2.75) is 113 Å². The number of fused-ring (bicyclic) bond motifs is 4. The van der Waals surface area contributed by atoms with Crippen LogP contribution >= 0.6 is 0 Å². The zero-order valence-corrected chi connectivity index (χ0v) is 27.4. The number of hydrogen-bond donors (Lipinski definition) is 3. The highest BCUT2D eigenvalue weighted by atomic mass is 16.9. The van der Waals surface area contributed by atoms with Crippen LogP contribution in [0.5, 0.6) is 0 Å². The van der Waals surface area contributed by atoms with Gasteiger partial charge in [0.1, 0.15) is 35.6 Å². The number of methoxy groups -OCH3 is 1. The van der Waals surface area contributed by atoms with E-state index in [-0.39, 0.29) is 18.4 Å². The van der Waals surface area contributed by atoms with Gasteiger partial charge in [0, 0.05) is 55.6 Å². The normalized spacial score (nSPS) is 52.5. The number of carbonyl (C=O) groups is 4. The fourth-order valence-corrected chi connectivity index (χ4v) is 11.9. The third kappa shape index (κ3) is 2.98. The first-order chi connectivity index (χ1) is 22.3. The molecular formula is C33H38O15. The summed E-state index contributed by atoms with van der Waals surface area (Å²) in [7, 11) is 1.10. The number of carbonyl (C=O) groups excluding carboxylic acids is 4. The second kappa shape index (κ2) is 8.87. The third-order valence-corrected chi connectivity index (χ3v) is 13.1. The molecule has 8 rings (SSSR count). The molecule has 48 heavy (non-hydrogen) atoms. The summed E-state index contributed by atoms with van der Waals surface area (Å²) in [5, 5.41) is 38.2. The van der Waals surface area contributed by atoms with Crippen LogP contribution in [0.2, 0.25) is 0 Å². The Morgan fingerprint density at radius 1 is 1.04 bits per heavy atom. The molecule has 2 saturated heterocycles. The van der Waals surface area contributed by atoms with E-state index in [4.69, 9.17) is 37.6 Å². The summed E-state index contributed by atoms with van der Waals surface area (Å²) in [5.41, 5.74) is -12.8. The van der Waals surface area contributed by atoms with Crippen LogP contribution in [0.3, 0.4) is 0 Å². The van der Waals surface area contributed by atoms with E-state index in [1.807, 2.05) is 0 Å². The maximum Gasteiger partial charge on any atom is 0.335 e. The molecule has 3 N–H and O–H groups in total. The molecule has 3 aliphatic heterocycles. The zero-order valence-electron chi connectivity index (χ0n) is 27.4. The van der Waals surface area contributed by atoms with Crippen LogP contribution in [0.25, 0.3) is 0 Å². The van der Waals surface area contributed by atoms with E-state index in [9.17, 15) is 34.5 Å². The van der Waals surface area contributed by atoms with Gasteiger partial charge < -0.3 is 52.9 Å². The van der Waals surface area contributed by atoms with Crippen molar-refractivity contribution in [1.82, 2.24) is 0 Å². The van der Waals surface area contributed by atoms with E-state index in [2.05, 4.69) is 0 Å². The second-order valence-electron chi connectivity index (χ2n) is 15.1. The molecular weight excluding hydrogens is 636 g/mol. The lowest BCUT2D eigenvalue weighted by molar-refractivity contribution is -0.449. The molecule has 0 aromatic carbocycles. The van der Waals surface area contributed by atoms with Crippen molar-refractivity contribution in [2.24, 2.45) is 22.2 Å². The van der Waals surface area contributed by atoms with Crippen molar-refractivity contribution in [2.75, 3.05) is 7.11 Å². The standard InChI is InChI=1S/C33H38O15/c1-14(34)43-18-11-31-28(5)21(20(37)23(38)41-7)26(3)13-30(28,39)32(40,24(26)44-15(2)35)25-33(31,48-29(6,46-25)47-31)17-10-19(36)45-22(27(17,18)4)16-8-9-42-12-16/h8-10,12,18,20-22,24-25,37,39-40H,11,13H2,1-7H3/t18-,20+,21-,22-,24-,25+,26+,27-,28+,29-,30+,31-,32-,33+/m1/s1. The monoisotopic (exact) mass is 674 g/mol. The van der Waals surface area contributed by atoms with Gasteiger partial charge in [0.15, 0.2) is 17.3 Å². The van der Waals surface area contributed by atoms with Gasteiger partial charge in [0.25, 0.3) is 5.97 Å². The molecule has 0 radical (unpaired) electrons. The summed E-state index contributed by atoms with van der Waals surface area (Å²) in [5.74, 6) is -6.59. The minimum absolute atomic E-state index is 0.159. The summed E-state index contributed by atoms with van der Waals surface area (Å²) in [6, 6.07) is 1.60. The minimum atomic E-state index is -2.47. The number of aliphatic hydroxyl groups is 3. The number of aliphatic hydroxyl groups excluding tert-OH is 1. The molecule has 7 aliphatic rings. The van der Waals surface area contributed by atoms with Crippen LogP contribution in [-0.2, 0) is 52.3 Å². The van der Waals surface area contributed by atoms with Gasteiger partial charge in [-0.25, -0.2) is 9.59 Å². The Bertz CT molecular complexity index is 1710. The highest BCUT2D eigenvalue weighted by molar-refractivity contribution is 5.86. The minimum Gasteiger partial charge on any atom is -0.472 e.